The highest BCUT2D eigenvalue weighted by Crippen LogP contribution is 2.23. The van der Waals surface area contributed by atoms with Crippen molar-refractivity contribution in [3.8, 4) is 5.75 Å². The number of amides is 2. The lowest BCUT2D eigenvalue weighted by Crippen LogP contribution is -2.40. The number of nitrogens with zero attached hydrogens (tertiary/aromatic N) is 2. The van der Waals surface area contributed by atoms with Crippen molar-refractivity contribution >= 4 is 11.8 Å². The molecule has 2 aliphatic rings. The minimum Gasteiger partial charge on any atom is -0.493 e. The number of benzene rings is 2. The van der Waals surface area contributed by atoms with Crippen molar-refractivity contribution in [2.75, 3.05) is 46.0 Å². The van der Waals surface area contributed by atoms with E-state index in [1.165, 1.54) is 5.56 Å². The zero-order chi connectivity index (χ0) is 22.5. The fourth-order valence-electron chi connectivity index (χ4n) is 4.38. The van der Waals surface area contributed by atoms with Crippen molar-refractivity contribution in [1.82, 2.24) is 9.80 Å². The minimum atomic E-state index is 0.0423. The SMILES string of the molecule is Cc1ccc(C(=O)N2CCC(COc3ccc(C(=O)N4CCOCC4)cc3)CC2)c(C)c1. The van der Waals surface area contributed by atoms with Gasteiger partial charge in [-0.3, -0.25) is 9.59 Å². The molecular formula is C26H32N2O4. The van der Waals surface area contributed by atoms with Gasteiger partial charge in [0.25, 0.3) is 11.8 Å². The zero-order valence-corrected chi connectivity index (χ0v) is 19.0. The van der Waals surface area contributed by atoms with Crippen LogP contribution in [0.4, 0.5) is 0 Å². The molecule has 2 heterocycles. The first-order chi connectivity index (χ1) is 15.5. The summed E-state index contributed by atoms with van der Waals surface area (Å²) in [6, 6.07) is 13.4. The monoisotopic (exact) mass is 436 g/mol. The van der Waals surface area contributed by atoms with Crippen LogP contribution in [0.25, 0.3) is 0 Å². The van der Waals surface area contributed by atoms with E-state index >= 15 is 0 Å². The molecule has 2 fully saturated rings. The maximum atomic E-state index is 12.9. The van der Waals surface area contributed by atoms with Crippen LogP contribution in [0.1, 0.15) is 44.7 Å². The Morgan fingerprint density at radius 2 is 1.56 bits per heavy atom. The number of rotatable bonds is 5. The number of hydrogen-bond donors (Lipinski definition) is 0. The molecule has 2 amide bonds. The number of morpholine rings is 1. The topological polar surface area (TPSA) is 59.1 Å². The zero-order valence-electron chi connectivity index (χ0n) is 19.0. The van der Waals surface area contributed by atoms with E-state index < -0.39 is 0 Å². The highest BCUT2D eigenvalue weighted by atomic mass is 16.5. The van der Waals surface area contributed by atoms with E-state index in [-0.39, 0.29) is 11.8 Å². The first kappa shape index (κ1) is 22.3. The van der Waals surface area contributed by atoms with E-state index in [1.807, 2.05) is 60.0 Å². The lowest BCUT2D eigenvalue weighted by Gasteiger charge is -2.32. The molecule has 2 saturated heterocycles. The van der Waals surface area contributed by atoms with Crippen molar-refractivity contribution < 1.29 is 19.1 Å². The van der Waals surface area contributed by atoms with E-state index in [1.54, 1.807) is 0 Å². The molecule has 0 spiro atoms. The predicted octanol–water partition coefficient (Wildman–Crippen LogP) is 3.71. The summed E-state index contributed by atoms with van der Waals surface area (Å²) >= 11 is 0. The van der Waals surface area contributed by atoms with Gasteiger partial charge in [0.15, 0.2) is 0 Å². The summed E-state index contributed by atoms with van der Waals surface area (Å²) in [6.45, 7) is 8.67. The third-order valence-electron chi connectivity index (χ3n) is 6.40. The molecule has 0 radical (unpaired) electrons. The van der Waals surface area contributed by atoms with Crippen LogP contribution in [-0.2, 0) is 4.74 Å². The largest absolute Gasteiger partial charge is 0.493 e. The Labute approximate surface area is 190 Å². The van der Waals surface area contributed by atoms with E-state index in [2.05, 4.69) is 6.07 Å². The van der Waals surface area contributed by atoms with Gasteiger partial charge in [0, 0.05) is 37.3 Å². The molecule has 6 heteroatoms. The van der Waals surface area contributed by atoms with Crippen LogP contribution < -0.4 is 4.74 Å². The maximum Gasteiger partial charge on any atom is 0.254 e. The van der Waals surface area contributed by atoms with Gasteiger partial charge < -0.3 is 19.3 Å². The summed E-state index contributed by atoms with van der Waals surface area (Å²) in [4.78, 5) is 29.2. The summed E-state index contributed by atoms with van der Waals surface area (Å²) in [5, 5.41) is 0. The Hall–Kier alpha value is -2.86. The van der Waals surface area contributed by atoms with Crippen molar-refractivity contribution in [2.24, 2.45) is 5.92 Å². The van der Waals surface area contributed by atoms with Crippen LogP contribution in [0.3, 0.4) is 0 Å². The van der Waals surface area contributed by atoms with Gasteiger partial charge in [0.2, 0.25) is 0 Å². The molecule has 0 saturated carbocycles. The van der Waals surface area contributed by atoms with Gasteiger partial charge in [-0.1, -0.05) is 17.7 Å². The summed E-state index contributed by atoms with van der Waals surface area (Å²) in [5.41, 5.74) is 3.69. The lowest BCUT2D eigenvalue weighted by atomic mass is 9.96. The average molecular weight is 437 g/mol. The molecular weight excluding hydrogens is 404 g/mol. The third-order valence-corrected chi connectivity index (χ3v) is 6.40. The summed E-state index contributed by atoms with van der Waals surface area (Å²) in [5.74, 6) is 1.37. The molecule has 0 aromatic heterocycles. The fourth-order valence-corrected chi connectivity index (χ4v) is 4.38. The number of carbonyl (C=O) groups excluding carboxylic acids is 2. The highest BCUT2D eigenvalue weighted by molar-refractivity contribution is 5.96. The summed E-state index contributed by atoms with van der Waals surface area (Å²) in [6.07, 6.45) is 1.87. The second-order valence-electron chi connectivity index (χ2n) is 8.79. The van der Waals surface area contributed by atoms with Crippen LogP contribution in [0.5, 0.6) is 5.75 Å². The van der Waals surface area contributed by atoms with Gasteiger partial charge >= 0.3 is 0 Å². The van der Waals surface area contributed by atoms with Crippen LogP contribution in [0.2, 0.25) is 0 Å². The minimum absolute atomic E-state index is 0.0423. The first-order valence-corrected chi connectivity index (χ1v) is 11.5. The molecule has 6 nitrogen and oxygen atoms in total. The maximum absolute atomic E-state index is 12.9. The highest BCUT2D eigenvalue weighted by Gasteiger charge is 2.25. The van der Waals surface area contributed by atoms with Crippen molar-refractivity contribution in [3.63, 3.8) is 0 Å². The second-order valence-corrected chi connectivity index (χ2v) is 8.79. The molecule has 2 aromatic carbocycles. The Morgan fingerprint density at radius 3 is 2.22 bits per heavy atom. The molecule has 32 heavy (non-hydrogen) atoms. The van der Waals surface area contributed by atoms with Gasteiger partial charge in [-0.2, -0.15) is 0 Å². The number of aryl methyl sites for hydroxylation is 2. The van der Waals surface area contributed by atoms with E-state index in [0.29, 0.717) is 44.4 Å². The number of carbonyl (C=O) groups is 2. The van der Waals surface area contributed by atoms with E-state index in [9.17, 15) is 9.59 Å². The molecule has 0 bridgehead atoms. The van der Waals surface area contributed by atoms with Gasteiger partial charge in [0.05, 0.1) is 19.8 Å². The number of hydrogen-bond acceptors (Lipinski definition) is 4. The number of ether oxygens (including phenoxy) is 2. The normalized spacial score (nSPS) is 17.3. The van der Waals surface area contributed by atoms with Crippen LogP contribution in [0.15, 0.2) is 42.5 Å². The molecule has 4 rings (SSSR count). The van der Waals surface area contributed by atoms with Gasteiger partial charge in [-0.25, -0.2) is 0 Å². The fraction of sp³-hybridized carbons (Fsp3) is 0.462. The molecule has 2 aliphatic heterocycles. The Morgan fingerprint density at radius 1 is 0.906 bits per heavy atom. The third kappa shape index (κ3) is 5.30. The molecule has 0 atom stereocenters. The molecule has 0 aliphatic carbocycles. The van der Waals surface area contributed by atoms with E-state index in [0.717, 1.165) is 42.8 Å². The van der Waals surface area contributed by atoms with Gasteiger partial charge in [-0.05, 0) is 68.5 Å². The van der Waals surface area contributed by atoms with Crippen LogP contribution >= 0.6 is 0 Å². The molecule has 0 unspecified atom stereocenters. The first-order valence-electron chi connectivity index (χ1n) is 11.5. The van der Waals surface area contributed by atoms with Gasteiger partial charge in [-0.15, -0.1) is 0 Å². The van der Waals surface area contributed by atoms with Crippen molar-refractivity contribution in [3.05, 3.63) is 64.7 Å². The number of piperidine rings is 1. The quantitative estimate of drug-likeness (QED) is 0.717. The van der Waals surface area contributed by atoms with E-state index in [4.69, 9.17) is 9.47 Å². The predicted molar refractivity (Wildman–Crippen MR) is 123 cm³/mol. The smallest absolute Gasteiger partial charge is 0.254 e. The van der Waals surface area contributed by atoms with Gasteiger partial charge in [0.1, 0.15) is 5.75 Å². The second kappa shape index (κ2) is 10.2. The Bertz CT molecular complexity index is 943. The Balaban J connectivity index is 1.24. The Kier molecular flexibility index (Phi) is 7.10. The van der Waals surface area contributed by atoms with Crippen LogP contribution in [0, 0.1) is 19.8 Å². The van der Waals surface area contributed by atoms with Crippen LogP contribution in [-0.4, -0.2) is 67.6 Å². The standard InChI is InChI=1S/C26H32N2O4/c1-19-3-8-24(20(2)17-19)26(30)27-11-9-21(10-12-27)18-32-23-6-4-22(5-7-23)25(29)28-13-15-31-16-14-28/h3-8,17,21H,9-16,18H2,1-2H3. The molecule has 170 valence electrons. The molecule has 0 N–H and O–H groups in total. The summed E-state index contributed by atoms with van der Waals surface area (Å²) < 4.78 is 11.3. The summed E-state index contributed by atoms with van der Waals surface area (Å²) in [7, 11) is 0. The van der Waals surface area contributed by atoms with Crippen molar-refractivity contribution in [2.45, 2.75) is 26.7 Å². The molecule has 2 aromatic rings. The number of likely N-dealkylation sites (tertiary alicyclic amines) is 1. The van der Waals surface area contributed by atoms with Crippen molar-refractivity contribution in [1.29, 1.82) is 0 Å². The lowest BCUT2D eigenvalue weighted by molar-refractivity contribution is 0.0303. The average Bonchev–Trinajstić information content (AvgIpc) is 2.83.